The summed E-state index contributed by atoms with van der Waals surface area (Å²) in [6.45, 7) is 5.15. The van der Waals surface area contributed by atoms with Crippen LogP contribution in [-0.2, 0) is 6.54 Å². The normalized spacial score (nSPS) is 14.9. The van der Waals surface area contributed by atoms with Gasteiger partial charge >= 0.3 is 0 Å². The number of fused-ring (bicyclic) bond motifs is 1. The largest absolute Gasteiger partial charge is 0.436 e. The average Bonchev–Trinajstić information content (AvgIpc) is 3.24. The van der Waals surface area contributed by atoms with Crippen LogP contribution in [0, 0.1) is 18.7 Å². The molecule has 3 heterocycles. The number of benzene rings is 2. The van der Waals surface area contributed by atoms with Crippen LogP contribution < -0.4 is 10.1 Å². The number of aliphatic hydroxyl groups is 1. The van der Waals surface area contributed by atoms with Gasteiger partial charge in [-0.05, 0) is 81.1 Å². The number of nitrogens with one attached hydrogen (secondary N) is 2. The number of rotatable bonds is 8. The number of anilines is 2. The van der Waals surface area contributed by atoms with E-state index < -0.39 is 5.82 Å². The predicted octanol–water partition coefficient (Wildman–Crippen LogP) is 5.54. The number of H-pyrrole nitrogens is 1. The lowest BCUT2D eigenvalue weighted by atomic mass is 9.94. The lowest BCUT2D eigenvalue weighted by Crippen LogP contribution is -2.33. The summed E-state index contributed by atoms with van der Waals surface area (Å²) in [5, 5.41) is 12.9. The standard InChI is InChI=1S/C27H30FN5O2/c1-18-15-22-23(30-18)5-6-24(26(22)28)35-25-7-11-29-27(32-25)31-21-4-2-3-20(16-21)17-33-12-8-19(9-13-33)10-14-34/h2-7,11,15-16,19,30,34H,8-10,12-14,17H2,1H3,(H,29,31,32). The van der Waals surface area contributed by atoms with E-state index in [-0.39, 0.29) is 18.2 Å². The Hall–Kier alpha value is -3.49. The molecular formula is C27H30FN5O2. The van der Waals surface area contributed by atoms with Gasteiger partial charge in [-0.2, -0.15) is 4.98 Å². The number of aromatic nitrogens is 3. The van der Waals surface area contributed by atoms with Crippen molar-refractivity contribution < 1.29 is 14.2 Å². The summed E-state index contributed by atoms with van der Waals surface area (Å²) in [5.74, 6) is 0.968. The molecule has 8 heteroatoms. The van der Waals surface area contributed by atoms with Gasteiger partial charge in [-0.3, -0.25) is 4.90 Å². The van der Waals surface area contributed by atoms with E-state index >= 15 is 0 Å². The number of halogens is 1. The van der Waals surface area contributed by atoms with Crippen molar-refractivity contribution in [1.29, 1.82) is 0 Å². The molecule has 0 unspecified atom stereocenters. The number of hydrogen-bond donors (Lipinski definition) is 3. The van der Waals surface area contributed by atoms with Crippen LogP contribution in [-0.4, -0.2) is 44.7 Å². The van der Waals surface area contributed by atoms with Crippen molar-refractivity contribution in [3.05, 3.63) is 71.8 Å². The highest BCUT2D eigenvalue weighted by Gasteiger charge is 2.19. The van der Waals surface area contributed by atoms with E-state index in [9.17, 15) is 4.39 Å². The topological polar surface area (TPSA) is 86.3 Å². The van der Waals surface area contributed by atoms with Crippen LogP contribution in [0.5, 0.6) is 11.6 Å². The summed E-state index contributed by atoms with van der Waals surface area (Å²) in [6, 6.07) is 14.9. The first-order valence-electron chi connectivity index (χ1n) is 12.1. The minimum atomic E-state index is -0.423. The Morgan fingerprint density at radius 3 is 2.86 bits per heavy atom. The third-order valence-corrected chi connectivity index (χ3v) is 6.52. The fraction of sp³-hybridized carbons (Fsp3) is 0.333. The van der Waals surface area contributed by atoms with Crippen molar-refractivity contribution >= 4 is 22.5 Å². The number of ether oxygens (including phenoxy) is 1. The number of aromatic amines is 1. The Bertz CT molecular complexity index is 1300. The second-order valence-corrected chi connectivity index (χ2v) is 9.17. The van der Waals surface area contributed by atoms with Crippen LogP contribution in [0.3, 0.4) is 0 Å². The molecule has 0 spiro atoms. The summed E-state index contributed by atoms with van der Waals surface area (Å²) >= 11 is 0. The van der Waals surface area contributed by atoms with Gasteiger partial charge in [0.05, 0.1) is 0 Å². The van der Waals surface area contributed by atoms with Crippen LogP contribution in [0.2, 0.25) is 0 Å². The second-order valence-electron chi connectivity index (χ2n) is 9.17. The van der Waals surface area contributed by atoms with Crippen molar-refractivity contribution in [2.24, 2.45) is 5.92 Å². The Labute approximate surface area is 204 Å². The zero-order chi connectivity index (χ0) is 24.2. The molecule has 35 heavy (non-hydrogen) atoms. The molecular weight excluding hydrogens is 445 g/mol. The van der Waals surface area contributed by atoms with E-state index in [1.54, 1.807) is 30.5 Å². The third-order valence-electron chi connectivity index (χ3n) is 6.52. The maximum Gasteiger partial charge on any atom is 0.230 e. The summed E-state index contributed by atoms with van der Waals surface area (Å²) in [4.78, 5) is 14.3. The summed E-state index contributed by atoms with van der Waals surface area (Å²) < 4.78 is 20.6. The van der Waals surface area contributed by atoms with Crippen LogP contribution in [0.25, 0.3) is 10.9 Å². The molecule has 182 valence electrons. The van der Waals surface area contributed by atoms with E-state index in [0.717, 1.165) is 55.8 Å². The Morgan fingerprint density at radius 1 is 1.17 bits per heavy atom. The number of aliphatic hydroxyl groups excluding tert-OH is 1. The molecule has 0 radical (unpaired) electrons. The van der Waals surface area contributed by atoms with E-state index in [2.05, 4.69) is 37.3 Å². The molecule has 5 rings (SSSR count). The van der Waals surface area contributed by atoms with Crippen molar-refractivity contribution in [3.8, 4) is 11.6 Å². The Kier molecular flexibility index (Phi) is 6.92. The molecule has 2 aromatic carbocycles. The minimum absolute atomic E-state index is 0.117. The highest BCUT2D eigenvalue weighted by Crippen LogP contribution is 2.30. The van der Waals surface area contributed by atoms with E-state index in [1.165, 1.54) is 5.56 Å². The summed E-state index contributed by atoms with van der Waals surface area (Å²) in [7, 11) is 0. The number of piperidine rings is 1. The summed E-state index contributed by atoms with van der Waals surface area (Å²) in [6.07, 6.45) is 4.76. The molecule has 0 saturated carbocycles. The maximum absolute atomic E-state index is 14.9. The zero-order valence-electron chi connectivity index (χ0n) is 19.8. The van der Waals surface area contributed by atoms with E-state index in [1.807, 2.05) is 19.1 Å². The van der Waals surface area contributed by atoms with Crippen molar-refractivity contribution in [1.82, 2.24) is 19.9 Å². The molecule has 3 N–H and O–H groups in total. The highest BCUT2D eigenvalue weighted by atomic mass is 19.1. The molecule has 1 fully saturated rings. The van der Waals surface area contributed by atoms with Gasteiger partial charge < -0.3 is 20.1 Å². The monoisotopic (exact) mass is 475 g/mol. The van der Waals surface area contributed by atoms with Gasteiger partial charge in [0.15, 0.2) is 11.6 Å². The third kappa shape index (κ3) is 5.61. The molecule has 7 nitrogen and oxygen atoms in total. The molecule has 1 aliphatic rings. The first-order chi connectivity index (χ1) is 17.1. The first-order valence-corrected chi connectivity index (χ1v) is 12.1. The highest BCUT2D eigenvalue weighted by molar-refractivity contribution is 5.82. The lowest BCUT2D eigenvalue weighted by molar-refractivity contribution is 0.153. The molecule has 0 aliphatic carbocycles. The fourth-order valence-corrected chi connectivity index (χ4v) is 4.69. The quantitative estimate of drug-likeness (QED) is 0.310. The first kappa shape index (κ1) is 23.3. The molecule has 4 aromatic rings. The van der Waals surface area contributed by atoms with Crippen LogP contribution >= 0.6 is 0 Å². The molecule has 0 amide bonds. The number of likely N-dealkylation sites (tertiary alicyclic amines) is 1. The van der Waals surface area contributed by atoms with Crippen LogP contribution in [0.1, 0.15) is 30.5 Å². The van der Waals surface area contributed by atoms with Gasteiger partial charge in [0.1, 0.15) is 0 Å². The lowest BCUT2D eigenvalue weighted by Gasteiger charge is -2.31. The number of aryl methyl sites for hydroxylation is 1. The van der Waals surface area contributed by atoms with Gasteiger partial charge in [-0.25, -0.2) is 9.37 Å². The van der Waals surface area contributed by atoms with Gasteiger partial charge in [-0.1, -0.05) is 12.1 Å². The Morgan fingerprint density at radius 2 is 2.03 bits per heavy atom. The number of nitrogens with zero attached hydrogens (tertiary/aromatic N) is 3. The fourth-order valence-electron chi connectivity index (χ4n) is 4.69. The minimum Gasteiger partial charge on any atom is -0.436 e. The van der Waals surface area contributed by atoms with E-state index in [0.29, 0.717) is 17.3 Å². The van der Waals surface area contributed by atoms with Gasteiger partial charge in [0.25, 0.3) is 0 Å². The molecule has 1 aliphatic heterocycles. The second kappa shape index (κ2) is 10.4. The van der Waals surface area contributed by atoms with Gasteiger partial charge in [0, 0.05) is 47.7 Å². The Balaban J connectivity index is 1.24. The predicted molar refractivity (Wildman–Crippen MR) is 135 cm³/mol. The smallest absolute Gasteiger partial charge is 0.230 e. The molecule has 1 saturated heterocycles. The molecule has 0 bridgehead atoms. The zero-order valence-corrected chi connectivity index (χ0v) is 19.8. The van der Waals surface area contributed by atoms with Gasteiger partial charge in [0.2, 0.25) is 11.8 Å². The summed E-state index contributed by atoms with van der Waals surface area (Å²) in [5.41, 5.74) is 3.70. The van der Waals surface area contributed by atoms with Crippen LogP contribution in [0.15, 0.2) is 54.7 Å². The maximum atomic E-state index is 14.9. The average molecular weight is 476 g/mol. The van der Waals surface area contributed by atoms with Gasteiger partial charge in [-0.15, -0.1) is 0 Å². The van der Waals surface area contributed by atoms with E-state index in [4.69, 9.17) is 9.84 Å². The van der Waals surface area contributed by atoms with Crippen molar-refractivity contribution in [2.45, 2.75) is 32.7 Å². The molecule has 0 atom stereocenters. The molecule has 2 aromatic heterocycles. The van der Waals surface area contributed by atoms with Crippen molar-refractivity contribution in [2.75, 3.05) is 25.0 Å². The van der Waals surface area contributed by atoms with Crippen molar-refractivity contribution in [3.63, 3.8) is 0 Å². The van der Waals surface area contributed by atoms with Crippen LogP contribution in [0.4, 0.5) is 16.0 Å². The number of hydrogen-bond acceptors (Lipinski definition) is 6. The SMILES string of the molecule is Cc1cc2c(F)c(Oc3ccnc(Nc4cccc(CN5CCC(CCO)CC5)c4)n3)ccc2[nH]1.